The van der Waals surface area contributed by atoms with E-state index in [-0.39, 0.29) is 5.41 Å². The number of nitrogens with one attached hydrogen (secondary N) is 1. The maximum Gasteiger partial charge on any atom is 0.0378 e. The first-order valence-corrected chi connectivity index (χ1v) is 7.84. The van der Waals surface area contributed by atoms with Gasteiger partial charge < -0.3 is 5.32 Å². The summed E-state index contributed by atoms with van der Waals surface area (Å²) >= 11 is 0. The van der Waals surface area contributed by atoms with Crippen LogP contribution in [0.1, 0.15) is 31.0 Å². The minimum absolute atomic E-state index is 0.249. The standard InChI is InChI=1S/C14H21NOS/c1-14(2)10-11-6-4-5-7-12(11)13(14)15-8-9-17(3)16/h4-7,13,15H,8-10H2,1-3H3. The lowest BCUT2D eigenvalue weighted by Gasteiger charge is -2.28. The van der Waals surface area contributed by atoms with E-state index in [1.165, 1.54) is 11.1 Å². The molecule has 2 atom stereocenters. The number of hydrogen-bond acceptors (Lipinski definition) is 2. The third-order valence-corrected chi connectivity index (χ3v) is 4.31. The minimum Gasteiger partial charge on any atom is -0.309 e. The van der Waals surface area contributed by atoms with E-state index in [4.69, 9.17) is 0 Å². The van der Waals surface area contributed by atoms with Crippen LogP contribution in [0, 0.1) is 5.41 Å². The quantitative estimate of drug-likeness (QED) is 0.889. The molecule has 1 aliphatic carbocycles. The van der Waals surface area contributed by atoms with Crippen molar-refractivity contribution in [2.24, 2.45) is 5.41 Å². The predicted octanol–water partition coefficient (Wildman–Crippen LogP) is 2.28. The molecule has 0 radical (unpaired) electrons. The third-order valence-electron chi connectivity index (χ3n) is 3.53. The van der Waals surface area contributed by atoms with Crippen LogP contribution in [0.15, 0.2) is 24.3 Å². The Balaban J connectivity index is 2.11. The number of hydrogen-bond donors (Lipinski definition) is 1. The van der Waals surface area contributed by atoms with E-state index >= 15 is 0 Å². The summed E-state index contributed by atoms with van der Waals surface area (Å²) < 4.78 is 11.1. The SMILES string of the molecule is CS(=O)CCNC1c2ccccc2CC1(C)C. The zero-order valence-corrected chi connectivity index (χ0v) is 11.6. The van der Waals surface area contributed by atoms with Gasteiger partial charge in [-0.05, 0) is 23.0 Å². The lowest BCUT2D eigenvalue weighted by Crippen LogP contribution is -2.33. The van der Waals surface area contributed by atoms with Gasteiger partial charge in [-0.3, -0.25) is 4.21 Å². The summed E-state index contributed by atoms with van der Waals surface area (Å²) in [7, 11) is -0.711. The lowest BCUT2D eigenvalue weighted by atomic mass is 9.85. The van der Waals surface area contributed by atoms with Gasteiger partial charge in [0, 0.05) is 35.4 Å². The molecule has 1 aromatic rings. The van der Waals surface area contributed by atoms with Gasteiger partial charge in [-0.1, -0.05) is 38.1 Å². The molecule has 0 bridgehead atoms. The van der Waals surface area contributed by atoms with E-state index in [2.05, 4.69) is 43.4 Å². The summed E-state index contributed by atoms with van der Waals surface area (Å²) in [5.41, 5.74) is 3.12. The minimum atomic E-state index is -0.711. The molecule has 0 fully saturated rings. The maximum absolute atomic E-state index is 11.1. The van der Waals surface area contributed by atoms with Crippen molar-refractivity contribution < 1.29 is 4.21 Å². The van der Waals surface area contributed by atoms with Crippen LogP contribution in [0.2, 0.25) is 0 Å². The fraction of sp³-hybridized carbons (Fsp3) is 0.571. The molecule has 17 heavy (non-hydrogen) atoms. The molecule has 2 nitrogen and oxygen atoms in total. The first-order valence-electron chi connectivity index (χ1n) is 6.12. The monoisotopic (exact) mass is 251 g/mol. The van der Waals surface area contributed by atoms with Gasteiger partial charge in [0.25, 0.3) is 0 Å². The third kappa shape index (κ3) is 2.78. The van der Waals surface area contributed by atoms with E-state index in [1.807, 2.05) is 0 Å². The van der Waals surface area contributed by atoms with E-state index in [9.17, 15) is 4.21 Å². The van der Waals surface area contributed by atoms with Crippen LogP contribution in [0.5, 0.6) is 0 Å². The van der Waals surface area contributed by atoms with Crippen LogP contribution < -0.4 is 5.32 Å². The van der Waals surface area contributed by atoms with Crippen molar-refractivity contribution in [3.05, 3.63) is 35.4 Å². The van der Waals surface area contributed by atoms with Crippen molar-refractivity contribution in [2.75, 3.05) is 18.6 Å². The number of benzene rings is 1. The maximum atomic E-state index is 11.1. The van der Waals surface area contributed by atoms with E-state index < -0.39 is 10.8 Å². The Kier molecular flexibility index (Phi) is 3.69. The fourth-order valence-electron chi connectivity index (χ4n) is 2.72. The van der Waals surface area contributed by atoms with Crippen molar-refractivity contribution in [1.29, 1.82) is 0 Å². The summed E-state index contributed by atoms with van der Waals surface area (Å²) in [5.74, 6) is 0.731. The first-order chi connectivity index (χ1) is 8.00. The van der Waals surface area contributed by atoms with Crippen LogP contribution in [-0.4, -0.2) is 22.8 Å². The summed E-state index contributed by atoms with van der Waals surface area (Å²) in [4.78, 5) is 0. The second kappa shape index (κ2) is 4.91. The normalized spacial score (nSPS) is 23.4. The molecule has 0 saturated heterocycles. The molecular formula is C14H21NOS. The van der Waals surface area contributed by atoms with Crippen molar-refractivity contribution in [3.8, 4) is 0 Å². The van der Waals surface area contributed by atoms with E-state index in [0.29, 0.717) is 6.04 Å². The van der Waals surface area contributed by atoms with Gasteiger partial charge in [-0.2, -0.15) is 0 Å². The van der Waals surface area contributed by atoms with Gasteiger partial charge in [0.05, 0.1) is 0 Å². The highest BCUT2D eigenvalue weighted by Crippen LogP contribution is 2.44. The second-order valence-electron chi connectivity index (χ2n) is 5.53. The largest absolute Gasteiger partial charge is 0.309 e. The van der Waals surface area contributed by atoms with Crippen LogP contribution in [0.4, 0.5) is 0 Å². The van der Waals surface area contributed by atoms with Gasteiger partial charge in [0.2, 0.25) is 0 Å². The Hall–Kier alpha value is -0.670. The van der Waals surface area contributed by atoms with Gasteiger partial charge >= 0.3 is 0 Å². The molecule has 0 saturated carbocycles. The molecule has 0 amide bonds. The van der Waals surface area contributed by atoms with Gasteiger partial charge in [-0.15, -0.1) is 0 Å². The molecule has 0 aliphatic heterocycles. The smallest absolute Gasteiger partial charge is 0.0378 e. The fourth-order valence-corrected chi connectivity index (χ4v) is 3.13. The number of rotatable bonds is 4. The Bertz CT molecular complexity index is 428. The van der Waals surface area contributed by atoms with Gasteiger partial charge in [-0.25, -0.2) is 0 Å². The Morgan fingerprint density at radius 2 is 2.12 bits per heavy atom. The highest BCUT2D eigenvalue weighted by molar-refractivity contribution is 7.84. The summed E-state index contributed by atoms with van der Waals surface area (Å²) in [6.07, 6.45) is 2.88. The highest BCUT2D eigenvalue weighted by Gasteiger charge is 2.37. The molecule has 0 aromatic heterocycles. The summed E-state index contributed by atoms with van der Waals surface area (Å²) in [5, 5.41) is 3.57. The molecule has 0 spiro atoms. The molecule has 2 unspecified atom stereocenters. The van der Waals surface area contributed by atoms with E-state index in [0.717, 1.165) is 18.7 Å². The van der Waals surface area contributed by atoms with Crippen LogP contribution in [-0.2, 0) is 17.2 Å². The predicted molar refractivity (Wildman–Crippen MR) is 73.6 cm³/mol. The van der Waals surface area contributed by atoms with Crippen LogP contribution >= 0.6 is 0 Å². The topological polar surface area (TPSA) is 29.1 Å². The molecule has 94 valence electrons. The lowest BCUT2D eigenvalue weighted by molar-refractivity contribution is 0.274. The van der Waals surface area contributed by atoms with Crippen molar-refractivity contribution in [2.45, 2.75) is 26.3 Å². The molecule has 2 rings (SSSR count). The molecule has 3 heteroatoms. The Labute approximate surface area is 106 Å². The number of fused-ring (bicyclic) bond motifs is 1. The second-order valence-corrected chi connectivity index (χ2v) is 7.08. The highest BCUT2D eigenvalue weighted by atomic mass is 32.2. The van der Waals surface area contributed by atoms with Crippen molar-refractivity contribution in [3.63, 3.8) is 0 Å². The van der Waals surface area contributed by atoms with Crippen LogP contribution in [0.25, 0.3) is 0 Å². The summed E-state index contributed by atoms with van der Waals surface area (Å²) in [6.45, 7) is 5.42. The Morgan fingerprint density at radius 3 is 2.82 bits per heavy atom. The van der Waals surface area contributed by atoms with Crippen LogP contribution in [0.3, 0.4) is 0 Å². The zero-order valence-electron chi connectivity index (χ0n) is 10.8. The van der Waals surface area contributed by atoms with Crippen molar-refractivity contribution >= 4 is 10.8 Å². The average molecular weight is 251 g/mol. The molecule has 1 N–H and O–H groups in total. The Morgan fingerprint density at radius 1 is 1.41 bits per heavy atom. The molecular weight excluding hydrogens is 230 g/mol. The molecule has 0 heterocycles. The molecule has 1 aliphatic rings. The first kappa shape index (κ1) is 12.8. The summed E-state index contributed by atoms with van der Waals surface area (Å²) in [6, 6.07) is 9.04. The van der Waals surface area contributed by atoms with Gasteiger partial charge in [0.15, 0.2) is 0 Å². The van der Waals surface area contributed by atoms with Crippen molar-refractivity contribution in [1.82, 2.24) is 5.32 Å². The average Bonchev–Trinajstić information content (AvgIpc) is 2.49. The molecule has 1 aromatic carbocycles. The zero-order chi connectivity index (χ0) is 12.5. The van der Waals surface area contributed by atoms with Gasteiger partial charge in [0.1, 0.15) is 0 Å². The van der Waals surface area contributed by atoms with E-state index in [1.54, 1.807) is 6.26 Å².